The standard InChI is InChI=1S/C20H27N3O3S/c1-20(2,15-23(3)4)14-21-19(24)16-10-12-18(13-11-16)27(25,26)22-17-8-6-5-7-9-17/h5-13,22H,14-15H2,1-4H3,(H,21,24). The highest BCUT2D eigenvalue weighted by Crippen LogP contribution is 2.17. The van der Waals surface area contributed by atoms with Crippen LogP contribution in [0.1, 0.15) is 24.2 Å². The van der Waals surface area contributed by atoms with Crippen LogP contribution < -0.4 is 10.0 Å². The number of anilines is 1. The van der Waals surface area contributed by atoms with Crippen molar-refractivity contribution in [2.24, 2.45) is 5.41 Å². The highest BCUT2D eigenvalue weighted by molar-refractivity contribution is 7.92. The Morgan fingerprint density at radius 3 is 2.15 bits per heavy atom. The molecule has 2 aromatic carbocycles. The first-order chi connectivity index (χ1) is 12.6. The first-order valence-corrected chi connectivity index (χ1v) is 10.2. The fraction of sp³-hybridized carbons (Fsp3) is 0.350. The number of carbonyl (C=O) groups excluding carboxylic acids is 1. The van der Waals surface area contributed by atoms with Crippen LogP contribution in [0.3, 0.4) is 0 Å². The lowest BCUT2D eigenvalue weighted by atomic mass is 9.93. The molecule has 27 heavy (non-hydrogen) atoms. The van der Waals surface area contributed by atoms with Crippen LogP contribution in [0.15, 0.2) is 59.5 Å². The van der Waals surface area contributed by atoms with Crippen LogP contribution in [0.5, 0.6) is 0 Å². The topological polar surface area (TPSA) is 78.5 Å². The molecule has 146 valence electrons. The zero-order chi connectivity index (χ0) is 20.1. The minimum absolute atomic E-state index is 0.0674. The van der Waals surface area contributed by atoms with E-state index in [9.17, 15) is 13.2 Å². The molecule has 2 rings (SSSR count). The molecule has 0 aliphatic heterocycles. The average molecular weight is 390 g/mol. The molecule has 0 saturated heterocycles. The van der Waals surface area contributed by atoms with Gasteiger partial charge in [-0.3, -0.25) is 9.52 Å². The van der Waals surface area contributed by atoms with Gasteiger partial charge in [-0.2, -0.15) is 0 Å². The Kier molecular flexibility index (Phi) is 6.62. The minimum Gasteiger partial charge on any atom is -0.351 e. The molecule has 0 unspecified atom stereocenters. The van der Waals surface area contributed by atoms with Crippen LogP contribution in [0.2, 0.25) is 0 Å². The molecule has 0 bridgehead atoms. The Bertz CT molecular complexity index is 861. The Labute approximate surface area is 161 Å². The van der Waals surface area contributed by atoms with E-state index < -0.39 is 10.0 Å². The molecule has 0 spiro atoms. The third-order valence-corrected chi connectivity index (χ3v) is 5.32. The van der Waals surface area contributed by atoms with Gasteiger partial charge in [0.2, 0.25) is 0 Å². The van der Waals surface area contributed by atoms with Crippen molar-refractivity contribution in [1.82, 2.24) is 10.2 Å². The predicted molar refractivity (Wildman–Crippen MR) is 108 cm³/mol. The van der Waals surface area contributed by atoms with Crippen LogP contribution in [-0.4, -0.2) is 46.4 Å². The van der Waals surface area contributed by atoms with Crippen molar-refractivity contribution in [2.45, 2.75) is 18.7 Å². The summed E-state index contributed by atoms with van der Waals surface area (Å²) in [7, 11) is 0.293. The Morgan fingerprint density at radius 2 is 1.59 bits per heavy atom. The lowest BCUT2D eigenvalue weighted by Crippen LogP contribution is -2.39. The first kappa shape index (κ1) is 20.9. The molecule has 0 radical (unpaired) electrons. The number of amides is 1. The summed E-state index contributed by atoms with van der Waals surface area (Å²) in [4.78, 5) is 14.5. The summed E-state index contributed by atoms with van der Waals surface area (Å²) in [6, 6.07) is 14.6. The van der Waals surface area contributed by atoms with Crippen LogP contribution in [0, 0.1) is 5.41 Å². The fourth-order valence-corrected chi connectivity index (χ4v) is 3.90. The fourth-order valence-electron chi connectivity index (χ4n) is 2.84. The highest BCUT2D eigenvalue weighted by Gasteiger charge is 2.20. The normalized spacial score (nSPS) is 12.0. The summed E-state index contributed by atoms with van der Waals surface area (Å²) in [6.45, 7) is 5.53. The summed E-state index contributed by atoms with van der Waals surface area (Å²) in [5.74, 6) is -0.221. The van der Waals surface area contributed by atoms with Gasteiger partial charge in [-0.15, -0.1) is 0 Å². The third kappa shape index (κ3) is 6.37. The molecule has 0 aromatic heterocycles. The quantitative estimate of drug-likeness (QED) is 0.728. The largest absolute Gasteiger partial charge is 0.351 e. The molecule has 7 heteroatoms. The summed E-state index contributed by atoms with van der Waals surface area (Å²) in [5, 5.41) is 2.91. The van der Waals surface area contributed by atoms with Crippen LogP contribution >= 0.6 is 0 Å². The predicted octanol–water partition coefficient (Wildman–Crippen LogP) is 2.81. The number of sulfonamides is 1. The average Bonchev–Trinajstić information content (AvgIpc) is 2.59. The number of nitrogens with zero attached hydrogens (tertiary/aromatic N) is 1. The molecule has 0 fully saturated rings. The molecule has 0 heterocycles. The van der Waals surface area contributed by atoms with Gasteiger partial charge in [0.25, 0.3) is 15.9 Å². The smallest absolute Gasteiger partial charge is 0.261 e. The lowest BCUT2D eigenvalue weighted by molar-refractivity contribution is 0.0929. The summed E-state index contributed by atoms with van der Waals surface area (Å²) >= 11 is 0. The molecule has 2 aromatic rings. The molecule has 2 N–H and O–H groups in total. The maximum atomic E-state index is 12.4. The number of rotatable bonds is 8. The summed E-state index contributed by atoms with van der Waals surface area (Å²) in [5.41, 5.74) is 0.846. The Balaban J connectivity index is 2.02. The van der Waals surface area contributed by atoms with E-state index >= 15 is 0 Å². The zero-order valence-corrected chi connectivity index (χ0v) is 17.0. The molecule has 6 nitrogen and oxygen atoms in total. The van der Waals surface area contributed by atoms with Gasteiger partial charge in [0, 0.05) is 24.3 Å². The van der Waals surface area contributed by atoms with E-state index in [4.69, 9.17) is 0 Å². The van der Waals surface area contributed by atoms with Crippen molar-refractivity contribution < 1.29 is 13.2 Å². The maximum absolute atomic E-state index is 12.4. The van der Waals surface area contributed by atoms with E-state index in [-0.39, 0.29) is 16.2 Å². The molecule has 0 saturated carbocycles. The van der Waals surface area contributed by atoms with Crippen LogP contribution in [0.25, 0.3) is 0 Å². The van der Waals surface area contributed by atoms with Crippen molar-refractivity contribution in [2.75, 3.05) is 31.9 Å². The summed E-state index contributed by atoms with van der Waals surface area (Å²) < 4.78 is 27.4. The Morgan fingerprint density at radius 1 is 1.00 bits per heavy atom. The Hall–Kier alpha value is -2.38. The zero-order valence-electron chi connectivity index (χ0n) is 16.2. The molecule has 0 aliphatic rings. The molecule has 0 aliphatic carbocycles. The van der Waals surface area contributed by atoms with Crippen molar-refractivity contribution in [3.8, 4) is 0 Å². The third-order valence-electron chi connectivity index (χ3n) is 3.92. The van der Waals surface area contributed by atoms with Gasteiger partial charge in [0.15, 0.2) is 0 Å². The number of para-hydroxylation sites is 1. The second kappa shape index (κ2) is 8.54. The van der Waals surface area contributed by atoms with Gasteiger partial charge in [-0.05, 0) is 55.9 Å². The molecular formula is C20H27N3O3S. The van der Waals surface area contributed by atoms with Crippen molar-refractivity contribution in [1.29, 1.82) is 0 Å². The second-order valence-electron chi connectivity index (χ2n) is 7.58. The number of hydrogen-bond acceptors (Lipinski definition) is 4. The van der Waals surface area contributed by atoms with Gasteiger partial charge in [-0.1, -0.05) is 32.0 Å². The first-order valence-electron chi connectivity index (χ1n) is 8.70. The molecule has 1 amide bonds. The van der Waals surface area contributed by atoms with Crippen molar-refractivity contribution in [3.05, 3.63) is 60.2 Å². The van der Waals surface area contributed by atoms with Crippen molar-refractivity contribution >= 4 is 21.6 Å². The number of carbonyl (C=O) groups is 1. The van der Waals surface area contributed by atoms with E-state index in [1.807, 2.05) is 20.2 Å². The van der Waals surface area contributed by atoms with Gasteiger partial charge in [0.05, 0.1) is 4.90 Å². The minimum atomic E-state index is -3.69. The highest BCUT2D eigenvalue weighted by atomic mass is 32.2. The SMILES string of the molecule is CN(C)CC(C)(C)CNC(=O)c1ccc(S(=O)(=O)Nc2ccccc2)cc1. The lowest BCUT2D eigenvalue weighted by Gasteiger charge is -2.28. The molecular weight excluding hydrogens is 362 g/mol. The van der Waals surface area contributed by atoms with E-state index in [1.165, 1.54) is 24.3 Å². The second-order valence-corrected chi connectivity index (χ2v) is 9.26. The molecule has 0 atom stereocenters. The van der Waals surface area contributed by atoms with Crippen LogP contribution in [0.4, 0.5) is 5.69 Å². The van der Waals surface area contributed by atoms with E-state index in [1.54, 1.807) is 24.3 Å². The van der Waals surface area contributed by atoms with Crippen LogP contribution in [-0.2, 0) is 10.0 Å². The summed E-state index contributed by atoms with van der Waals surface area (Å²) in [6.07, 6.45) is 0. The van der Waals surface area contributed by atoms with Gasteiger partial charge >= 0.3 is 0 Å². The number of hydrogen-bond donors (Lipinski definition) is 2. The van der Waals surface area contributed by atoms with E-state index in [2.05, 4.69) is 28.8 Å². The van der Waals surface area contributed by atoms with Crippen molar-refractivity contribution in [3.63, 3.8) is 0 Å². The maximum Gasteiger partial charge on any atom is 0.261 e. The van der Waals surface area contributed by atoms with Gasteiger partial charge in [0.1, 0.15) is 0 Å². The van der Waals surface area contributed by atoms with E-state index in [0.717, 1.165) is 6.54 Å². The van der Waals surface area contributed by atoms with Gasteiger partial charge < -0.3 is 10.2 Å². The van der Waals surface area contributed by atoms with Gasteiger partial charge in [-0.25, -0.2) is 8.42 Å². The monoisotopic (exact) mass is 389 g/mol. The van der Waals surface area contributed by atoms with E-state index in [0.29, 0.717) is 17.8 Å². The number of benzene rings is 2. The number of nitrogens with one attached hydrogen (secondary N) is 2.